The maximum atomic E-state index is 5.56. The number of benzene rings is 1. The molecule has 0 aliphatic rings. The van der Waals surface area contributed by atoms with E-state index < -0.39 is 0 Å². The molecule has 1 aromatic carbocycles. The van der Waals surface area contributed by atoms with Gasteiger partial charge in [-0.15, -0.1) is 0 Å². The van der Waals surface area contributed by atoms with E-state index in [2.05, 4.69) is 12.1 Å². The standard InChI is InChI=1S/C10H16N2/c11-8-2-1-3-9-4-6-10(12)7-5-9/h4-7H,1-3,8,11-12H2. The second-order valence-corrected chi connectivity index (χ2v) is 2.99. The van der Waals surface area contributed by atoms with E-state index in [1.54, 1.807) is 0 Å². The van der Waals surface area contributed by atoms with Crippen molar-refractivity contribution < 1.29 is 0 Å². The third-order valence-electron chi connectivity index (χ3n) is 1.90. The molecular weight excluding hydrogens is 148 g/mol. The molecule has 12 heavy (non-hydrogen) atoms. The minimum atomic E-state index is 0.787. The van der Waals surface area contributed by atoms with Gasteiger partial charge in [-0.05, 0) is 43.5 Å². The lowest BCUT2D eigenvalue weighted by molar-refractivity contribution is 0.745. The van der Waals surface area contributed by atoms with Crippen molar-refractivity contribution in [3.8, 4) is 0 Å². The Balaban J connectivity index is 2.37. The number of aryl methyl sites for hydroxylation is 1. The lowest BCUT2D eigenvalue weighted by Gasteiger charge is -2.00. The summed E-state index contributed by atoms with van der Waals surface area (Å²) in [5.74, 6) is 0. The molecule has 2 heteroatoms. The van der Waals surface area contributed by atoms with Gasteiger partial charge in [-0.2, -0.15) is 0 Å². The molecular formula is C10H16N2. The number of hydrogen-bond donors (Lipinski definition) is 2. The van der Waals surface area contributed by atoms with E-state index in [9.17, 15) is 0 Å². The molecule has 1 rings (SSSR count). The summed E-state index contributed by atoms with van der Waals surface area (Å²) in [7, 11) is 0. The Labute approximate surface area is 73.6 Å². The Morgan fingerprint density at radius 2 is 1.67 bits per heavy atom. The van der Waals surface area contributed by atoms with Gasteiger partial charge in [0.1, 0.15) is 0 Å². The predicted molar refractivity (Wildman–Crippen MR) is 52.8 cm³/mol. The number of rotatable bonds is 4. The van der Waals surface area contributed by atoms with Gasteiger partial charge in [0.15, 0.2) is 0 Å². The molecule has 0 heterocycles. The van der Waals surface area contributed by atoms with Gasteiger partial charge in [0.2, 0.25) is 0 Å². The van der Waals surface area contributed by atoms with Gasteiger partial charge in [0.05, 0.1) is 0 Å². The summed E-state index contributed by atoms with van der Waals surface area (Å²) in [6.45, 7) is 0.787. The maximum Gasteiger partial charge on any atom is 0.0314 e. The number of nitrogens with two attached hydrogens (primary N) is 2. The van der Waals surface area contributed by atoms with Crippen LogP contribution in [0.1, 0.15) is 18.4 Å². The van der Waals surface area contributed by atoms with E-state index in [0.717, 1.165) is 25.1 Å². The highest BCUT2D eigenvalue weighted by molar-refractivity contribution is 5.39. The van der Waals surface area contributed by atoms with E-state index in [0.29, 0.717) is 0 Å². The third kappa shape index (κ3) is 2.93. The van der Waals surface area contributed by atoms with Crippen molar-refractivity contribution in [3.05, 3.63) is 29.8 Å². The number of unbranched alkanes of at least 4 members (excludes halogenated alkanes) is 1. The summed E-state index contributed by atoms with van der Waals surface area (Å²) in [4.78, 5) is 0. The molecule has 2 nitrogen and oxygen atoms in total. The minimum Gasteiger partial charge on any atom is -0.399 e. The minimum absolute atomic E-state index is 0.787. The highest BCUT2D eigenvalue weighted by Gasteiger charge is 1.91. The predicted octanol–water partition coefficient (Wildman–Crippen LogP) is 1.55. The topological polar surface area (TPSA) is 52.0 Å². The van der Waals surface area contributed by atoms with Crippen LogP contribution in [0.3, 0.4) is 0 Å². The number of nitrogen functional groups attached to an aromatic ring is 1. The van der Waals surface area contributed by atoms with Crippen molar-refractivity contribution in [2.75, 3.05) is 12.3 Å². The molecule has 0 aliphatic heterocycles. The van der Waals surface area contributed by atoms with E-state index in [1.807, 2.05) is 12.1 Å². The average Bonchev–Trinajstić information content (AvgIpc) is 2.09. The fraction of sp³-hybridized carbons (Fsp3) is 0.400. The highest BCUT2D eigenvalue weighted by atomic mass is 14.5. The third-order valence-corrected chi connectivity index (χ3v) is 1.90. The molecule has 0 atom stereocenters. The Morgan fingerprint density at radius 1 is 1.00 bits per heavy atom. The molecule has 1 aromatic rings. The van der Waals surface area contributed by atoms with Gasteiger partial charge in [-0.1, -0.05) is 12.1 Å². The van der Waals surface area contributed by atoms with Crippen LogP contribution in [0.15, 0.2) is 24.3 Å². The van der Waals surface area contributed by atoms with Crippen molar-refractivity contribution in [1.29, 1.82) is 0 Å². The Bertz CT molecular complexity index is 216. The van der Waals surface area contributed by atoms with Gasteiger partial charge in [0, 0.05) is 5.69 Å². The molecule has 0 aliphatic carbocycles. The van der Waals surface area contributed by atoms with Crippen molar-refractivity contribution >= 4 is 5.69 Å². The molecule has 0 saturated heterocycles. The maximum absolute atomic E-state index is 5.56. The van der Waals surface area contributed by atoms with Crippen molar-refractivity contribution in [2.24, 2.45) is 5.73 Å². The number of hydrogen-bond acceptors (Lipinski definition) is 2. The van der Waals surface area contributed by atoms with Crippen LogP contribution in [0, 0.1) is 0 Å². The van der Waals surface area contributed by atoms with E-state index in [-0.39, 0.29) is 0 Å². The molecule has 66 valence electrons. The molecule has 0 radical (unpaired) electrons. The van der Waals surface area contributed by atoms with Gasteiger partial charge in [0.25, 0.3) is 0 Å². The summed E-state index contributed by atoms with van der Waals surface area (Å²) >= 11 is 0. The van der Waals surface area contributed by atoms with Crippen LogP contribution in [0.4, 0.5) is 5.69 Å². The second-order valence-electron chi connectivity index (χ2n) is 2.99. The summed E-state index contributed by atoms with van der Waals surface area (Å²) in [6, 6.07) is 8.03. The first-order chi connectivity index (χ1) is 5.83. The lowest BCUT2D eigenvalue weighted by Crippen LogP contribution is -1.98. The molecule has 0 unspecified atom stereocenters. The lowest BCUT2D eigenvalue weighted by atomic mass is 10.1. The van der Waals surface area contributed by atoms with Crippen LogP contribution in [0.5, 0.6) is 0 Å². The molecule has 0 saturated carbocycles. The number of anilines is 1. The van der Waals surface area contributed by atoms with Gasteiger partial charge < -0.3 is 11.5 Å². The quantitative estimate of drug-likeness (QED) is 0.524. The zero-order valence-electron chi connectivity index (χ0n) is 7.29. The van der Waals surface area contributed by atoms with Crippen molar-refractivity contribution in [3.63, 3.8) is 0 Å². The Kier molecular flexibility index (Phi) is 3.61. The summed E-state index contributed by atoms with van der Waals surface area (Å²) in [5.41, 5.74) is 13.1. The summed E-state index contributed by atoms with van der Waals surface area (Å²) < 4.78 is 0. The summed E-state index contributed by atoms with van der Waals surface area (Å²) in [6.07, 6.45) is 3.38. The fourth-order valence-corrected chi connectivity index (χ4v) is 1.16. The second kappa shape index (κ2) is 4.78. The van der Waals surface area contributed by atoms with Crippen LogP contribution in [0.25, 0.3) is 0 Å². The monoisotopic (exact) mass is 164 g/mol. The van der Waals surface area contributed by atoms with E-state index in [4.69, 9.17) is 11.5 Å². The SMILES string of the molecule is NCCCCc1ccc(N)cc1. The van der Waals surface area contributed by atoms with Crippen LogP contribution in [0.2, 0.25) is 0 Å². The van der Waals surface area contributed by atoms with Gasteiger partial charge >= 0.3 is 0 Å². The van der Waals surface area contributed by atoms with Crippen molar-refractivity contribution in [1.82, 2.24) is 0 Å². The molecule has 0 aromatic heterocycles. The highest BCUT2D eigenvalue weighted by Crippen LogP contribution is 2.08. The van der Waals surface area contributed by atoms with E-state index >= 15 is 0 Å². The van der Waals surface area contributed by atoms with Gasteiger partial charge in [-0.25, -0.2) is 0 Å². The fourth-order valence-electron chi connectivity index (χ4n) is 1.16. The molecule has 4 N–H and O–H groups in total. The molecule has 0 spiro atoms. The molecule has 0 bridgehead atoms. The first kappa shape index (κ1) is 9.07. The molecule has 0 fully saturated rings. The van der Waals surface area contributed by atoms with Crippen LogP contribution in [-0.4, -0.2) is 6.54 Å². The zero-order valence-corrected chi connectivity index (χ0v) is 7.29. The Hall–Kier alpha value is -1.02. The summed E-state index contributed by atoms with van der Waals surface area (Å²) in [5, 5.41) is 0. The largest absolute Gasteiger partial charge is 0.399 e. The normalized spacial score (nSPS) is 10.1. The van der Waals surface area contributed by atoms with Crippen LogP contribution >= 0.6 is 0 Å². The zero-order chi connectivity index (χ0) is 8.81. The molecule has 0 amide bonds. The first-order valence-corrected chi connectivity index (χ1v) is 4.37. The Morgan fingerprint density at radius 3 is 2.25 bits per heavy atom. The van der Waals surface area contributed by atoms with Crippen LogP contribution in [-0.2, 0) is 6.42 Å². The first-order valence-electron chi connectivity index (χ1n) is 4.37. The van der Waals surface area contributed by atoms with E-state index in [1.165, 1.54) is 12.0 Å². The van der Waals surface area contributed by atoms with Gasteiger partial charge in [-0.3, -0.25) is 0 Å². The average molecular weight is 164 g/mol. The van der Waals surface area contributed by atoms with Crippen LogP contribution < -0.4 is 11.5 Å². The smallest absolute Gasteiger partial charge is 0.0314 e. The van der Waals surface area contributed by atoms with Crippen molar-refractivity contribution in [2.45, 2.75) is 19.3 Å².